The highest BCUT2D eigenvalue weighted by Gasteiger charge is 2.19. The smallest absolute Gasteiger partial charge is 0.0468 e. The van der Waals surface area contributed by atoms with E-state index in [4.69, 9.17) is 10.6 Å². The van der Waals surface area contributed by atoms with Gasteiger partial charge >= 0.3 is 0 Å². The fourth-order valence-corrected chi connectivity index (χ4v) is 3.00. The van der Waals surface area contributed by atoms with Gasteiger partial charge in [0.25, 0.3) is 0 Å². The molecule has 1 aliphatic heterocycles. The number of hydrazine groups is 1. The highest BCUT2D eigenvalue weighted by atomic mass is 16.5. The molecule has 0 amide bonds. The Bertz CT molecular complexity index is 247. The minimum Gasteiger partial charge on any atom is -0.381 e. The molecule has 0 spiro atoms. The number of hydrogen-bond donors (Lipinski definition) is 2. The number of nitrogens with two attached hydrogens (primary N) is 1. The Morgan fingerprint density at radius 2 is 2.18 bits per heavy atom. The molecule has 1 aliphatic carbocycles. The highest BCUT2D eigenvalue weighted by Crippen LogP contribution is 2.26. The zero-order valence-electron chi connectivity index (χ0n) is 10.8. The van der Waals surface area contributed by atoms with Crippen molar-refractivity contribution in [2.45, 2.75) is 57.4 Å². The van der Waals surface area contributed by atoms with Crippen LogP contribution in [0.3, 0.4) is 0 Å². The molecular weight excluding hydrogens is 212 g/mol. The van der Waals surface area contributed by atoms with Crippen LogP contribution in [0.5, 0.6) is 0 Å². The van der Waals surface area contributed by atoms with Gasteiger partial charge in [-0.05, 0) is 57.3 Å². The Hall–Kier alpha value is -0.380. The fraction of sp³-hybridized carbons (Fsp3) is 0.857. The van der Waals surface area contributed by atoms with Crippen molar-refractivity contribution in [1.29, 1.82) is 0 Å². The average Bonchev–Trinajstić information content (AvgIpc) is 2.40. The van der Waals surface area contributed by atoms with Crippen LogP contribution < -0.4 is 11.3 Å². The molecule has 3 heteroatoms. The Labute approximate surface area is 105 Å². The number of rotatable bonds is 5. The van der Waals surface area contributed by atoms with Crippen LogP contribution >= 0.6 is 0 Å². The molecule has 1 fully saturated rings. The van der Waals surface area contributed by atoms with Crippen LogP contribution in [-0.2, 0) is 4.74 Å². The molecule has 1 heterocycles. The van der Waals surface area contributed by atoms with Crippen molar-refractivity contribution >= 4 is 0 Å². The lowest BCUT2D eigenvalue weighted by molar-refractivity contribution is 0.0605. The van der Waals surface area contributed by atoms with Gasteiger partial charge in [-0.15, -0.1) is 0 Å². The summed E-state index contributed by atoms with van der Waals surface area (Å²) in [5, 5.41) is 0. The van der Waals surface area contributed by atoms with Crippen molar-refractivity contribution < 1.29 is 4.74 Å². The van der Waals surface area contributed by atoms with Gasteiger partial charge in [-0.1, -0.05) is 11.6 Å². The van der Waals surface area contributed by atoms with Crippen LogP contribution in [0.25, 0.3) is 0 Å². The second kappa shape index (κ2) is 7.14. The lowest BCUT2D eigenvalue weighted by Gasteiger charge is -2.27. The summed E-state index contributed by atoms with van der Waals surface area (Å²) in [7, 11) is 0. The van der Waals surface area contributed by atoms with E-state index in [-0.39, 0.29) is 0 Å². The molecule has 0 aromatic carbocycles. The van der Waals surface area contributed by atoms with Gasteiger partial charge in [0.15, 0.2) is 0 Å². The molecule has 2 rings (SSSR count). The molecule has 0 bridgehead atoms. The molecule has 0 saturated carbocycles. The molecule has 0 aromatic rings. The third-order valence-electron chi connectivity index (χ3n) is 4.09. The van der Waals surface area contributed by atoms with Crippen LogP contribution in [0.4, 0.5) is 0 Å². The number of hydrogen-bond acceptors (Lipinski definition) is 3. The number of allylic oxidation sites excluding steroid dienone is 1. The fourth-order valence-electron chi connectivity index (χ4n) is 3.00. The molecule has 98 valence electrons. The monoisotopic (exact) mass is 238 g/mol. The van der Waals surface area contributed by atoms with Gasteiger partial charge in [0.05, 0.1) is 0 Å². The molecular formula is C14H26N2O. The van der Waals surface area contributed by atoms with Crippen molar-refractivity contribution in [3.05, 3.63) is 11.6 Å². The zero-order chi connectivity index (χ0) is 11.9. The lowest BCUT2D eigenvalue weighted by atomic mass is 9.87. The first-order chi connectivity index (χ1) is 8.38. The standard InChI is InChI=1S/C14H26N2O/c15-16-14(10-12-4-2-1-3-5-12)11-13-6-8-17-9-7-13/h4,13-14,16H,1-3,5-11,15H2. The van der Waals surface area contributed by atoms with Crippen LogP contribution in [-0.4, -0.2) is 19.3 Å². The maximum atomic E-state index is 5.70. The molecule has 0 aromatic heterocycles. The second-order valence-corrected chi connectivity index (χ2v) is 5.47. The van der Waals surface area contributed by atoms with E-state index < -0.39 is 0 Å². The second-order valence-electron chi connectivity index (χ2n) is 5.47. The van der Waals surface area contributed by atoms with E-state index in [0.717, 1.165) is 25.6 Å². The topological polar surface area (TPSA) is 47.3 Å². The van der Waals surface area contributed by atoms with Gasteiger partial charge in [-0.2, -0.15) is 0 Å². The van der Waals surface area contributed by atoms with Gasteiger partial charge in [0.2, 0.25) is 0 Å². The van der Waals surface area contributed by atoms with Gasteiger partial charge < -0.3 is 4.74 Å². The summed E-state index contributed by atoms with van der Waals surface area (Å²) in [5.74, 6) is 6.50. The van der Waals surface area contributed by atoms with Crippen LogP contribution in [0.1, 0.15) is 51.4 Å². The van der Waals surface area contributed by atoms with Crippen molar-refractivity contribution in [3.63, 3.8) is 0 Å². The Balaban J connectivity index is 1.76. The maximum absolute atomic E-state index is 5.70. The van der Waals surface area contributed by atoms with Gasteiger partial charge in [0, 0.05) is 19.3 Å². The van der Waals surface area contributed by atoms with Crippen molar-refractivity contribution in [1.82, 2.24) is 5.43 Å². The summed E-state index contributed by atoms with van der Waals surface area (Å²) in [6, 6.07) is 0.461. The summed E-state index contributed by atoms with van der Waals surface area (Å²) >= 11 is 0. The summed E-state index contributed by atoms with van der Waals surface area (Å²) in [4.78, 5) is 0. The summed E-state index contributed by atoms with van der Waals surface area (Å²) in [6.45, 7) is 1.87. The van der Waals surface area contributed by atoms with Crippen LogP contribution in [0.2, 0.25) is 0 Å². The first-order valence-electron chi connectivity index (χ1n) is 7.10. The Morgan fingerprint density at radius 3 is 2.82 bits per heavy atom. The van der Waals surface area contributed by atoms with Crippen molar-refractivity contribution in [2.75, 3.05) is 13.2 Å². The molecule has 1 atom stereocenters. The maximum Gasteiger partial charge on any atom is 0.0468 e. The van der Waals surface area contributed by atoms with E-state index in [9.17, 15) is 0 Å². The SMILES string of the molecule is NNC(CC1=CCCCC1)CC1CCOCC1. The number of ether oxygens (including phenoxy) is 1. The summed E-state index contributed by atoms with van der Waals surface area (Å²) in [6.07, 6.45) is 12.5. The Morgan fingerprint density at radius 1 is 1.35 bits per heavy atom. The van der Waals surface area contributed by atoms with Gasteiger partial charge in [-0.3, -0.25) is 11.3 Å². The third kappa shape index (κ3) is 4.41. The number of nitrogens with one attached hydrogen (secondary N) is 1. The molecule has 2 aliphatic rings. The zero-order valence-corrected chi connectivity index (χ0v) is 10.8. The van der Waals surface area contributed by atoms with E-state index in [1.54, 1.807) is 5.57 Å². The quantitative estimate of drug-likeness (QED) is 0.439. The minimum atomic E-state index is 0.461. The van der Waals surface area contributed by atoms with Gasteiger partial charge in [-0.25, -0.2) is 0 Å². The largest absolute Gasteiger partial charge is 0.381 e. The predicted octanol–water partition coefficient (Wildman–Crippen LogP) is 2.53. The van der Waals surface area contributed by atoms with E-state index in [1.807, 2.05) is 0 Å². The predicted molar refractivity (Wildman–Crippen MR) is 70.4 cm³/mol. The van der Waals surface area contributed by atoms with E-state index in [0.29, 0.717) is 6.04 Å². The normalized spacial score (nSPS) is 24.4. The van der Waals surface area contributed by atoms with E-state index >= 15 is 0 Å². The minimum absolute atomic E-state index is 0.461. The molecule has 0 radical (unpaired) electrons. The summed E-state index contributed by atoms with van der Waals surface area (Å²) in [5.41, 5.74) is 4.63. The average molecular weight is 238 g/mol. The van der Waals surface area contributed by atoms with E-state index in [2.05, 4.69) is 11.5 Å². The van der Waals surface area contributed by atoms with E-state index in [1.165, 1.54) is 44.9 Å². The molecule has 1 saturated heterocycles. The summed E-state index contributed by atoms with van der Waals surface area (Å²) < 4.78 is 5.40. The lowest BCUT2D eigenvalue weighted by Crippen LogP contribution is -2.38. The molecule has 17 heavy (non-hydrogen) atoms. The van der Waals surface area contributed by atoms with Gasteiger partial charge in [0.1, 0.15) is 0 Å². The third-order valence-corrected chi connectivity index (χ3v) is 4.09. The van der Waals surface area contributed by atoms with Crippen molar-refractivity contribution in [3.8, 4) is 0 Å². The first kappa shape index (κ1) is 13.1. The Kier molecular flexibility index (Phi) is 5.49. The van der Waals surface area contributed by atoms with Crippen molar-refractivity contribution in [2.24, 2.45) is 11.8 Å². The first-order valence-corrected chi connectivity index (χ1v) is 7.10. The molecule has 1 unspecified atom stereocenters. The molecule has 3 nitrogen and oxygen atoms in total. The molecule has 3 N–H and O–H groups in total. The highest BCUT2D eigenvalue weighted by molar-refractivity contribution is 5.07. The van der Waals surface area contributed by atoms with Crippen LogP contribution in [0.15, 0.2) is 11.6 Å². The van der Waals surface area contributed by atoms with Crippen LogP contribution in [0, 0.1) is 5.92 Å².